The molecule has 0 unspecified atom stereocenters. The van der Waals surface area contributed by atoms with E-state index in [2.05, 4.69) is 4.98 Å². The number of methoxy groups -OCH3 is 1. The molecule has 0 saturated carbocycles. The van der Waals surface area contributed by atoms with Crippen molar-refractivity contribution in [1.29, 1.82) is 0 Å². The number of pyridine rings is 1. The second kappa shape index (κ2) is 6.33. The van der Waals surface area contributed by atoms with Crippen LogP contribution in [0.3, 0.4) is 0 Å². The molecule has 2 aromatic heterocycles. The summed E-state index contributed by atoms with van der Waals surface area (Å²) < 4.78 is 44.2. The highest BCUT2D eigenvalue weighted by Gasteiger charge is 2.16. The number of nitrogens with two attached hydrogens (primary N) is 1. The Kier molecular flexibility index (Phi) is 4.09. The van der Waals surface area contributed by atoms with Crippen LogP contribution in [0, 0.1) is 5.82 Å². The maximum absolute atomic E-state index is 14.3. The predicted octanol–water partition coefficient (Wildman–Crippen LogP) is 3.03. The average molecular weight is 385 g/mol. The molecule has 6 nitrogen and oxygen atoms in total. The summed E-state index contributed by atoms with van der Waals surface area (Å²) in [7, 11) is -2.32. The molecule has 27 heavy (non-hydrogen) atoms. The van der Waals surface area contributed by atoms with Gasteiger partial charge in [0.05, 0.1) is 28.6 Å². The minimum Gasteiger partial charge on any atom is -0.494 e. The van der Waals surface area contributed by atoms with Gasteiger partial charge in [0, 0.05) is 24.2 Å². The second-order valence-corrected chi connectivity index (χ2v) is 7.71. The van der Waals surface area contributed by atoms with Crippen molar-refractivity contribution in [2.75, 3.05) is 7.11 Å². The van der Waals surface area contributed by atoms with Gasteiger partial charge >= 0.3 is 0 Å². The summed E-state index contributed by atoms with van der Waals surface area (Å²) in [4.78, 5) is 4.48. The quantitative estimate of drug-likeness (QED) is 0.585. The summed E-state index contributed by atoms with van der Waals surface area (Å²) >= 11 is 0. The number of halogens is 1. The first-order valence-corrected chi connectivity index (χ1v) is 9.65. The molecular formula is C19H16FN3O3S. The third-order valence-electron chi connectivity index (χ3n) is 4.49. The Bertz CT molecular complexity index is 1270. The monoisotopic (exact) mass is 385 g/mol. The van der Waals surface area contributed by atoms with Crippen molar-refractivity contribution in [3.63, 3.8) is 0 Å². The summed E-state index contributed by atoms with van der Waals surface area (Å²) in [5.41, 5.74) is 3.11. The topological polar surface area (TPSA) is 87.2 Å². The van der Waals surface area contributed by atoms with Gasteiger partial charge < -0.3 is 9.30 Å². The highest BCUT2D eigenvalue weighted by atomic mass is 32.2. The lowest BCUT2D eigenvalue weighted by molar-refractivity contribution is 0.387. The van der Waals surface area contributed by atoms with Gasteiger partial charge in [0.15, 0.2) is 11.6 Å². The third kappa shape index (κ3) is 3.02. The van der Waals surface area contributed by atoms with E-state index in [9.17, 15) is 12.8 Å². The zero-order valence-electron chi connectivity index (χ0n) is 14.4. The summed E-state index contributed by atoms with van der Waals surface area (Å²) in [5, 5.41) is 5.92. The largest absolute Gasteiger partial charge is 0.494 e. The van der Waals surface area contributed by atoms with Crippen molar-refractivity contribution in [3.8, 4) is 5.75 Å². The normalized spacial score (nSPS) is 12.0. The minimum absolute atomic E-state index is 0.0471. The van der Waals surface area contributed by atoms with Crippen LogP contribution in [0.4, 0.5) is 4.39 Å². The lowest BCUT2D eigenvalue weighted by Crippen LogP contribution is -2.12. The number of hydrogen-bond donors (Lipinski definition) is 1. The molecule has 4 rings (SSSR count). The van der Waals surface area contributed by atoms with Crippen molar-refractivity contribution < 1.29 is 17.5 Å². The van der Waals surface area contributed by atoms with Crippen LogP contribution in [-0.2, 0) is 16.6 Å². The predicted molar refractivity (Wildman–Crippen MR) is 101 cm³/mol. The van der Waals surface area contributed by atoms with E-state index in [1.165, 1.54) is 25.3 Å². The van der Waals surface area contributed by atoms with Gasteiger partial charge in [0.1, 0.15) is 0 Å². The maximum atomic E-state index is 14.3. The lowest BCUT2D eigenvalue weighted by Gasteiger charge is -2.09. The maximum Gasteiger partial charge on any atom is 0.238 e. The number of hydrogen-bond acceptors (Lipinski definition) is 4. The van der Waals surface area contributed by atoms with E-state index in [1.807, 2.05) is 16.7 Å². The molecule has 0 radical (unpaired) electrons. The molecule has 0 aliphatic heterocycles. The number of aromatic nitrogens is 2. The zero-order valence-corrected chi connectivity index (χ0v) is 15.2. The highest BCUT2D eigenvalue weighted by Crippen LogP contribution is 2.32. The SMILES string of the molecule is COc1cc2c3ncccc3n(Cc3ccc(S(N)(=O)=O)cc3)c2cc1F. The van der Waals surface area contributed by atoms with Crippen LogP contribution in [0.1, 0.15) is 5.56 Å². The van der Waals surface area contributed by atoms with E-state index in [1.54, 1.807) is 24.4 Å². The second-order valence-electron chi connectivity index (χ2n) is 6.15. The Hall–Kier alpha value is -2.97. The molecule has 138 valence electrons. The van der Waals surface area contributed by atoms with Gasteiger partial charge in [-0.05, 0) is 35.9 Å². The molecule has 2 N–H and O–H groups in total. The summed E-state index contributed by atoms with van der Waals surface area (Å²) in [6, 6.07) is 13.1. The van der Waals surface area contributed by atoms with Crippen LogP contribution in [0.2, 0.25) is 0 Å². The Morgan fingerprint density at radius 3 is 2.56 bits per heavy atom. The van der Waals surface area contributed by atoms with Gasteiger partial charge in [-0.2, -0.15) is 0 Å². The summed E-state index contributed by atoms with van der Waals surface area (Å²) in [6.45, 7) is 0.419. The van der Waals surface area contributed by atoms with Gasteiger partial charge in [-0.1, -0.05) is 12.1 Å². The van der Waals surface area contributed by atoms with Crippen LogP contribution in [0.5, 0.6) is 5.75 Å². The van der Waals surface area contributed by atoms with Gasteiger partial charge in [-0.25, -0.2) is 17.9 Å². The number of fused-ring (bicyclic) bond motifs is 3. The summed E-state index contributed by atoms with van der Waals surface area (Å²) in [5.74, 6) is -0.302. The first-order chi connectivity index (χ1) is 12.9. The number of primary sulfonamides is 1. The average Bonchev–Trinajstić information content (AvgIpc) is 2.94. The van der Waals surface area contributed by atoms with Crippen molar-refractivity contribution in [3.05, 3.63) is 66.1 Å². The van der Waals surface area contributed by atoms with E-state index in [0.29, 0.717) is 12.1 Å². The molecule has 0 aliphatic carbocycles. The molecule has 2 aromatic carbocycles. The fourth-order valence-electron chi connectivity index (χ4n) is 3.20. The number of ether oxygens (including phenoxy) is 1. The Balaban J connectivity index is 1.88. The van der Waals surface area contributed by atoms with E-state index < -0.39 is 15.8 Å². The smallest absolute Gasteiger partial charge is 0.238 e. The van der Waals surface area contributed by atoms with Crippen LogP contribution >= 0.6 is 0 Å². The minimum atomic E-state index is -3.74. The van der Waals surface area contributed by atoms with E-state index >= 15 is 0 Å². The molecule has 8 heteroatoms. The van der Waals surface area contributed by atoms with Crippen LogP contribution in [0.25, 0.3) is 21.9 Å². The van der Waals surface area contributed by atoms with Gasteiger partial charge in [-0.3, -0.25) is 4.98 Å². The van der Waals surface area contributed by atoms with E-state index in [0.717, 1.165) is 22.0 Å². The molecule has 0 bridgehead atoms. The Morgan fingerprint density at radius 1 is 1.15 bits per heavy atom. The molecule has 4 aromatic rings. The molecule has 0 amide bonds. The lowest BCUT2D eigenvalue weighted by atomic mass is 10.2. The van der Waals surface area contributed by atoms with Crippen molar-refractivity contribution in [2.45, 2.75) is 11.4 Å². The molecular weight excluding hydrogens is 369 g/mol. The highest BCUT2D eigenvalue weighted by molar-refractivity contribution is 7.89. The Labute approximate surface area is 155 Å². The fourth-order valence-corrected chi connectivity index (χ4v) is 3.72. The van der Waals surface area contributed by atoms with Crippen LogP contribution < -0.4 is 9.88 Å². The number of rotatable bonds is 4. The van der Waals surface area contributed by atoms with Gasteiger partial charge in [0.25, 0.3) is 0 Å². The number of benzene rings is 2. The number of nitrogens with zero attached hydrogens (tertiary/aromatic N) is 2. The van der Waals surface area contributed by atoms with Gasteiger partial charge in [-0.15, -0.1) is 0 Å². The van der Waals surface area contributed by atoms with E-state index in [-0.39, 0.29) is 10.6 Å². The van der Waals surface area contributed by atoms with Crippen molar-refractivity contribution in [2.24, 2.45) is 5.14 Å². The zero-order chi connectivity index (χ0) is 19.2. The Morgan fingerprint density at radius 2 is 1.89 bits per heavy atom. The molecule has 2 heterocycles. The van der Waals surface area contributed by atoms with E-state index in [4.69, 9.17) is 9.88 Å². The first-order valence-electron chi connectivity index (χ1n) is 8.10. The van der Waals surface area contributed by atoms with Crippen molar-refractivity contribution in [1.82, 2.24) is 9.55 Å². The van der Waals surface area contributed by atoms with Crippen LogP contribution in [0.15, 0.2) is 59.6 Å². The third-order valence-corrected chi connectivity index (χ3v) is 5.42. The van der Waals surface area contributed by atoms with Gasteiger partial charge in [0.2, 0.25) is 10.0 Å². The molecule has 0 atom stereocenters. The fraction of sp³-hybridized carbons (Fsp3) is 0.105. The van der Waals surface area contributed by atoms with Crippen LogP contribution in [-0.4, -0.2) is 25.1 Å². The van der Waals surface area contributed by atoms with Crippen molar-refractivity contribution >= 4 is 32.0 Å². The first kappa shape index (κ1) is 17.4. The number of sulfonamides is 1. The standard InChI is InChI=1S/C19H16FN3O3S/c1-26-18-9-14-17(10-15(18)20)23(16-3-2-8-22-19(14)16)11-12-4-6-13(7-5-12)27(21,24)25/h2-10H,11H2,1H3,(H2,21,24,25). The molecule has 0 spiro atoms. The molecule has 0 fully saturated rings. The molecule has 0 aliphatic rings. The summed E-state index contributed by atoms with van der Waals surface area (Å²) in [6.07, 6.45) is 1.68. The molecule has 0 saturated heterocycles.